The lowest BCUT2D eigenvalue weighted by atomic mass is 10.2. The van der Waals surface area contributed by atoms with E-state index >= 15 is 0 Å². The van der Waals surface area contributed by atoms with Crippen LogP contribution in [0.5, 0.6) is 0 Å². The molecule has 1 heterocycles. The first-order chi connectivity index (χ1) is 9.56. The van der Waals surface area contributed by atoms with Crippen molar-refractivity contribution in [1.82, 2.24) is 0 Å². The molecule has 0 aliphatic carbocycles. The van der Waals surface area contributed by atoms with Gasteiger partial charge in [-0.1, -0.05) is 15.9 Å². The van der Waals surface area contributed by atoms with Crippen molar-refractivity contribution in [3.05, 3.63) is 28.7 Å². The molecule has 0 saturated carbocycles. The lowest BCUT2D eigenvalue weighted by molar-refractivity contribution is -0.162. The second-order valence-electron chi connectivity index (χ2n) is 4.58. The summed E-state index contributed by atoms with van der Waals surface area (Å²) in [5, 5.41) is 2.69. The van der Waals surface area contributed by atoms with E-state index in [-0.39, 0.29) is 5.91 Å². The van der Waals surface area contributed by atoms with Gasteiger partial charge in [0.15, 0.2) is 12.2 Å². The zero-order valence-corrected chi connectivity index (χ0v) is 12.7. The molecular formula is C14H16BrNO4. The number of amides is 1. The van der Waals surface area contributed by atoms with Gasteiger partial charge in [0.05, 0.1) is 0 Å². The fourth-order valence-electron chi connectivity index (χ4n) is 1.84. The van der Waals surface area contributed by atoms with E-state index in [1.165, 1.54) is 0 Å². The van der Waals surface area contributed by atoms with E-state index in [0.717, 1.165) is 10.9 Å². The summed E-state index contributed by atoms with van der Waals surface area (Å²) in [5.74, 6) is -0.834. The molecule has 108 valence electrons. The highest BCUT2D eigenvalue weighted by atomic mass is 79.9. The van der Waals surface area contributed by atoms with E-state index in [4.69, 9.17) is 9.47 Å². The van der Waals surface area contributed by atoms with Crippen molar-refractivity contribution in [3.63, 3.8) is 0 Å². The second kappa shape index (κ2) is 6.85. The summed E-state index contributed by atoms with van der Waals surface area (Å²) >= 11 is 3.32. The summed E-state index contributed by atoms with van der Waals surface area (Å²) in [4.78, 5) is 23.6. The van der Waals surface area contributed by atoms with Crippen LogP contribution in [0, 0.1) is 0 Å². The highest BCUT2D eigenvalue weighted by Crippen LogP contribution is 2.16. The zero-order valence-electron chi connectivity index (χ0n) is 11.1. The number of nitrogens with one attached hydrogen (secondary N) is 1. The molecule has 0 radical (unpaired) electrons. The molecule has 0 unspecified atom stereocenters. The van der Waals surface area contributed by atoms with Crippen molar-refractivity contribution in [3.8, 4) is 0 Å². The number of rotatable bonds is 4. The number of anilines is 1. The van der Waals surface area contributed by atoms with Gasteiger partial charge in [0.25, 0.3) is 5.91 Å². The third-order valence-corrected chi connectivity index (χ3v) is 3.50. The first-order valence-electron chi connectivity index (χ1n) is 6.45. The second-order valence-corrected chi connectivity index (χ2v) is 5.49. The topological polar surface area (TPSA) is 64.6 Å². The maximum atomic E-state index is 11.9. The normalized spacial score (nSPS) is 19.4. The predicted octanol–water partition coefficient (Wildman–Crippen LogP) is 2.50. The van der Waals surface area contributed by atoms with Crippen LogP contribution in [0.1, 0.15) is 19.8 Å². The molecule has 1 aliphatic heterocycles. The molecule has 1 aromatic rings. The molecule has 1 amide bonds. The first-order valence-corrected chi connectivity index (χ1v) is 7.24. The summed E-state index contributed by atoms with van der Waals surface area (Å²) in [6.45, 7) is 2.11. The van der Waals surface area contributed by atoms with Crippen LogP contribution in [-0.2, 0) is 19.1 Å². The molecule has 1 aromatic carbocycles. The minimum atomic E-state index is -0.852. The van der Waals surface area contributed by atoms with Crippen molar-refractivity contribution in [2.24, 2.45) is 0 Å². The molecular weight excluding hydrogens is 326 g/mol. The predicted molar refractivity (Wildman–Crippen MR) is 77.3 cm³/mol. The Morgan fingerprint density at radius 3 is 2.70 bits per heavy atom. The highest BCUT2D eigenvalue weighted by molar-refractivity contribution is 9.10. The Balaban J connectivity index is 1.85. The van der Waals surface area contributed by atoms with E-state index in [9.17, 15) is 9.59 Å². The molecule has 0 bridgehead atoms. The van der Waals surface area contributed by atoms with Gasteiger partial charge in [-0.2, -0.15) is 0 Å². The first kappa shape index (κ1) is 15.0. The van der Waals surface area contributed by atoms with Crippen LogP contribution in [0.4, 0.5) is 5.69 Å². The van der Waals surface area contributed by atoms with E-state index in [1.807, 2.05) is 12.1 Å². The number of hydrogen-bond donors (Lipinski definition) is 1. The molecule has 20 heavy (non-hydrogen) atoms. The monoisotopic (exact) mass is 341 g/mol. The Hall–Kier alpha value is -1.40. The number of benzene rings is 1. The third kappa shape index (κ3) is 4.05. The molecule has 0 aromatic heterocycles. The van der Waals surface area contributed by atoms with Crippen molar-refractivity contribution in [2.45, 2.75) is 32.0 Å². The van der Waals surface area contributed by atoms with Gasteiger partial charge < -0.3 is 14.8 Å². The lowest BCUT2D eigenvalue weighted by Crippen LogP contribution is -2.33. The Bertz CT molecular complexity index is 482. The zero-order chi connectivity index (χ0) is 14.5. The van der Waals surface area contributed by atoms with Gasteiger partial charge in [0, 0.05) is 16.8 Å². The SMILES string of the molecule is C[C@H](OC(=O)[C@@H]1CCCO1)C(=O)Nc1ccc(Br)cc1. The van der Waals surface area contributed by atoms with Gasteiger partial charge >= 0.3 is 5.97 Å². The minimum absolute atomic E-state index is 0.362. The fourth-order valence-corrected chi connectivity index (χ4v) is 2.11. The van der Waals surface area contributed by atoms with Gasteiger partial charge in [-0.05, 0) is 44.0 Å². The van der Waals surface area contributed by atoms with Crippen molar-refractivity contribution in [1.29, 1.82) is 0 Å². The molecule has 1 saturated heterocycles. The summed E-state index contributed by atoms with van der Waals surface area (Å²) in [6.07, 6.45) is 0.118. The van der Waals surface area contributed by atoms with Crippen LogP contribution in [0.15, 0.2) is 28.7 Å². The number of ether oxygens (including phenoxy) is 2. The average molecular weight is 342 g/mol. The summed E-state index contributed by atoms with van der Waals surface area (Å²) < 4.78 is 11.2. The van der Waals surface area contributed by atoms with E-state index in [0.29, 0.717) is 18.7 Å². The maximum Gasteiger partial charge on any atom is 0.336 e. The van der Waals surface area contributed by atoms with Gasteiger partial charge in [-0.25, -0.2) is 4.79 Å². The fraction of sp³-hybridized carbons (Fsp3) is 0.429. The smallest absolute Gasteiger partial charge is 0.336 e. The van der Waals surface area contributed by atoms with E-state index in [1.54, 1.807) is 19.1 Å². The van der Waals surface area contributed by atoms with Crippen LogP contribution in [0.3, 0.4) is 0 Å². The standard InChI is InChI=1S/C14H16BrNO4/c1-9(20-14(18)12-3-2-8-19-12)13(17)16-11-6-4-10(15)5-7-11/h4-7,9,12H,2-3,8H2,1H3,(H,16,17)/t9-,12-/m0/s1. The minimum Gasteiger partial charge on any atom is -0.451 e. The average Bonchev–Trinajstić information content (AvgIpc) is 2.95. The molecule has 6 heteroatoms. The number of carbonyl (C=O) groups excluding carboxylic acids is 2. The molecule has 1 aliphatic rings. The van der Waals surface area contributed by atoms with Crippen molar-refractivity contribution in [2.75, 3.05) is 11.9 Å². The Morgan fingerprint density at radius 1 is 1.40 bits per heavy atom. The largest absolute Gasteiger partial charge is 0.451 e. The molecule has 1 N–H and O–H groups in total. The van der Waals surface area contributed by atoms with Crippen LogP contribution < -0.4 is 5.32 Å². The quantitative estimate of drug-likeness (QED) is 0.854. The number of carbonyl (C=O) groups is 2. The van der Waals surface area contributed by atoms with Crippen molar-refractivity contribution >= 4 is 33.5 Å². The van der Waals surface area contributed by atoms with Gasteiger partial charge in [-0.15, -0.1) is 0 Å². The summed E-state index contributed by atoms with van der Waals surface area (Å²) in [5.41, 5.74) is 0.651. The number of esters is 1. The van der Waals surface area contributed by atoms with Crippen LogP contribution in [-0.4, -0.2) is 30.7 Å². The Labute approximate surface area is 125 Å². The van der Waals surface area contributed by atoms with Crippen LogP contribution in [0.2, 0.25) is 0 Å². The van der Waals surface area contributed by atoms with Gasteiger partial charge in [0.2, 0.25) is 0 Å². The molecule has 2 rings (SSSR count). The summed E-state index contributed by atoms with van der Waals surface area (Å²) in [7, 11) is 0. The van der Waals surface area contributed by atoms with E-state index in [2.05, 4.69) is 21.2 Å². The lowest BCUT2D eigenvalue weighted by Gasteiger charge is -2.15. The molecule has 0 spiro atoms. The van der Waals surface area contributed by atoms with E-state index < -0.39 is 18.2 Å². The van der Waals surface area contributed by atoms with Gasteiger partial charge in [0.1, 0.15) is 0 Å². The van der Waals surface area contributed by atoms with Crippen LogP contribution in [0.25, 0.3) is 0 Å². The summed E-state index contributed by atoms with van der Waals surface area (Å²) in [6, 6.07) is 7.16. The third-order valence-electron chi connectivity index (χ3n) is 2.97. The highest BCUT2D eigenvalue weighted by Gasteiger charge is 2.28. The molecule has 5 nitrogen and oxygen atoms in total. The van der Waals surface area contributed by atoms with Crippen molar-refractivity contribution < 1.29 is 19.1 Å². The Morgan fingerprint density at radius 2 is 2.10 bits per heavy atom. The Kier molecular flexibility index (Phi) is 5.14. The number of halogens is 1. The molecule has 1 fully saturated rings. The number of hydrogen-bond acceptors (Lipinski definition) is 4. The van der Waals surface area contributed by atoms with Gasteiger partial charge in [-0.3, -0.25) is 4.79 Å². The molecule has 2 atom stereocenters. The maximum absolute atomic E-state index is 11.9. The van der Waals surface area contributed by atoms with Crippen LogP contribution >= 0.6 is 15.9 Å².